The van der Waals surface area contributed by atoms with E-state index in [9.17, 15) is 5.11 Å². The van der Waals surface area contributed by atoms with Crippen LogP contribution in [0.4, 0.5) is 0 Å². The molecule has 4 aliphatic heterocycles. The van der Waals surface area contributed by atoms with Crippen LogP contribution in [0.5, 0.6) is 34.5 Å². The molecule has 12 rings (SSSR count). The Labute approximate surface area is 535 Å². The maximum atomic E-state index is 12.6. The van der Waals surface area contributed by atoms with Crippen LogP contribution in [0.3, 0.4) is 0 Å². The number of ether oxygens (including phenoxy) is 8. The topological polar surface area (TPSA) is 101 Å². The van der Waals surface area contributed by atoms with Crippen molar-refractivity contribution >= 4 is 5.57 Å². The number of hydrogen-bond donors (Lipinski definition) is 1. The molecule has 470 valence electrons. The normalized spacial score (nSPS) is 18.7. The Bertz CT molecular complexity index is 3980. The number of allylic oxidation sites excluding steroid dienone is 1. The average molecular weight is 1210 g/mol. The monoisotopic (exact) mass is 1210 g/mol. The van der Waals surface area contributed by atoms with Gasteiger partial charge in [-0.25, -0.2) is 0 Å². The third-order valence-corrected chi connectivity index (χ3v) is 21.2. The van der Waals surface area contributed by atoms with Crippen molar-refractivity contribution in [2.75, 3.05) is 26.4 Å². The lowest BCUT2D eigenvalue weighted by Gasteiger charge is -2.40. The predicted octanol–water partition coefficient (Wildman–Crippen LogP) is 19.2. The SMILES string of the molecule is CCC(CC)(CC1CO1)Oc1c(C)c(C)c2c(c1C)C(c1ccc(-c3ccccc3)cc1)=C1C(C)=C(OCC(O)CC(CC)(CC)Oc3c(C)c(C)c4c(c3C)C(c3ccc(-c5ccccc5)cc3)c3c(C)c(OCC5CO5)c(C)c(C)c3O4)C(C)=C(C)C1O2. The molecule has 4 heterocycles. The van der Waals surface area contributed by atoms with E-state index in [1.807, 2.05) is 0 Å². The lowest BCUT2D eigenvalue weighted by molar-refractivity contribution is -0.0197. The summed E-state index contributed by atoms with van der Waals surface area (Å²) in [5, 5.41) is 12.6. The van der Waals surface area contributed by atoms with Crippen LogP contribution < -0.4 is 23.7 Å². The van der Waals surface area contributed by atoms with Crippen molar-refractivity contribution in [2.45, 2.75) is 191 Å². The fourth-order valence-electron chi connectivity index (χ4n) is 14.7. The lowest BCUT2D eigenvalue weighted by atomic mass is 9.75. The van der Waals surface area contributed by atoms with E-state index >= 15 is 0 Å². The van der Waals surface area contributed by atoms with Gasteiger partial charge < -0.3 is 43.0 Å². The second kappa shape index (κ2) is 24.9. The lowest BCUT2D eigenvalue weighted by Crippen LogP contribution is -2.40. The van der Waals surface area contributed by atoms with E-state index in [1.54, 1.807) is 0 Å². The first-order valence-electron chi connectivity index (χ1n) is 33.0. The van der Waals surface area contributed by atoms with E-state index < -0.39 is 11.7 Å². The highest BCUT2D eigenvalue weighted by molar-refractivity contribution is 5.94. The molecule has 5 atom stereocenters. The van der Waals surface area contributed by atoms with Crippen LogP contribution in [0.25, 0.3) is 27.8 Å². The quantitative estimate of drug-likeness (QED) is 0.0665. The molecule has 0 amide bonds. The molecule has 1 aliphatic carbocycles. The molecule has 9 heteroatoms. The first kappa shape index (κ1) is 62.6. The molecule has 90 heavy (non-hydrogen) atoms. The van der Waals surface area contributed by atoms with Gasteiger partial charge in [0.05, 0.1) is 25.4 Å². The maximum absolute atomic E-state index is 12.6. The van der Waals surface area contributed by atoms with Crippen molar-refractivity contribution in [1.82, 2.24) is 0 Å². The van der Waals surface area contributed by atoms with Crippen molar-refractivity contribution in [2.24, 2.45) is 0 Å². The minimum atomic E-state index is -0.872. The minimum absolute atomic E-state index is 0.0667. The van der Waals surface area contributed by atoms with Gasteiger partial charge in [-0.3, -0.25) is 0 Å². The number of epoxide rings is 2. The molecule has 0 spiro atoms. The summed E-state index contributed by atoms with van der Waals surface area (Å²) in [7, 11) is 0. The van der Waals surface area contributed by atoms with Crippen molar-refractivity contribution < 1.29 is 43.0 Å². The summed E-state index contributed by atoms with van der Waals surface area (Å²) in [5.41, 5.74) is 23.7. The van der Waals surface area contributed by atoms with Gasteiger partial charge in [0.1, 0.15) is 76.9 Å². The molecule has 0 radical (unpaired) electrons. The zero-order valence-corrected chi connectivity index (χ0v) is 56.1. The first-order chi connectivity index (χ1) is 43.3. The predicted molar refractivity (Wildman–Crippen MR) is 362 cm³/mol. The molecule has 9 nitrogen and oxygen atoms in total. The second-order valence-electron chi connectivity index (χ2n) is 26.4. The molecular weight excluding hydrogens is 1120 g/mol. The van der Waals surface area contributed by atoms with Gasteiger partial charge in [-0.2, -0.15) is 0 Å². The van der Waals surface area contributed by atoms with Gasteiger partial charge in [0.15, 0.2) is 0 Å². The number of hydrogen-bond acceptors (Lipinski definition) is 9. The zero-order chi connectivity index (χ0) is 63.7. The zero-order valence-electron chi connectivity index (χ0n) is 56.1. The molecule has 0 aromatic heterocycles. The van der Waals surface area contributed by atoms with Crippen LogP contribution in [0.1, 0.15) is 171 Å². The molecule has 0 bridgehead atoms. The molecular formula is C81H92O9. The van der Waals surface area contributed by atoms with Gasteiger partial charge in [0.25, 0.3) is 0 Å². The van der Waals surface area contributed by atoms with Crippen molar-refractivity contribution in [1.29, 1.82) is 0 Å². The van der Waals surface area contributed by atoms with Gasteiger partial charge in [-0.15, -0.1) is 0 Å². The van der Waals surface area contributed by atoms with E-state index in [-0.39, 0.29) is 36.4 Å². The number of aliphatic hydroxyl groups excluding tert-OH is 1. The van der Waals surface area contributed by atoms with Crippen LogP contribution in [0.15, 0.2) is 137 Å². The smallest absolute Gasteiger partial charge is 0.146 e. The summed E-state index contributed by atoms with van der Waals surface area (Å²) in [5.74, 6) is 5.82. The van der Waals surface area contributed by atoms with E-state index in [2.05, 4.69) is 220 Å². The Morgan fingerprint density at radius 1 is 0.489 bits per heavy atom. The third kappa shape index (κ3) is 11.2. The van der Waals surface area contributed by atoms with E-state index in [0.29, 0.717) is 25.9 Å². The van der Waals surface area contributed by atoms with Crippen LogP contribution in [-0.4, -0.2) is 67.2 Å². The standard InChI is InChI=1S/C81H92O9/c1-17-80(18-2,89-74-47(7)51(11)78-68(55(74)15)71(62-37-33-60(34-38-62)58-29-25-22-26-30-58)67-54(14)73(86-44-65-43-84-65)46(6)50(10)77(67)88-78)39-63(82)41-85-72-45(5)49(9)76-66(53(72)13)70(61-35-31-59(32-36-61)57-27-23-21-24-28-57)69-56(16)75(48(8)52(12)79(69)87-76)90-81(19-3,20-4)40-64-42-83-64/h21-38,63-65,71,76,82H,17-20,39-44H2,1-16H3. The van der Waals surface area contributed by atoms with Gasteiger partial charge in [-0.1, -0.05) is 137 Å². The van der Waals surface area contributed by atoms with E-state index in [4.69, 9.17) is 37.9 Å². The fourth-order valence-corrected chi connectivity index (χ4v) is 14.7. The number of aliphatic hydroxyl groups is 1. The molecule has 5 aliphatic rings. The average Bonchev–Trinajstić information content (AvgIpc) is 0.932. The third-order valence-electron chi connectivity index (χ3n) is 21.2. The number of benzene rings is 7. The van der Waals surface area contributed by atoms with Crippen LogP contribution in [0, 0.1) is 62.3 Å². The summed E-state index contributed by atoms with van der Waals surface area (Å²) in [6, 6.07) is 39.1. The Balaban J connectivity index is 0.902. The molecule has 0 saturated carbocycles. The Morgan fingerprint density at radius 3 is 1.49 bits per heavy atom. The number of fused-ring (bicyclic) bond motifs is 4. The molecule has 5 unspecified atom stereocenters. The van der Waals surface area contributed by atoms with Gasteiger partial charge in [0, 0.05) is 52.2 Å². The summed E-state index contributed by atoms with van der Waals surface area (Å²) in [6.07, 6.45) is 3.35. The highest BCUT2D eigenvalue weighted by atomic mass is 16.6. The maximum Gasteiger partial charge on any atom is 0.146 e. The van der Waals surface area contributed by atoms with Crippen molar-refractivity contribution in [3.63, 3.8) is 0 Å². The molecule has 2 fully saturated rings. The van der Waals surface area contributed by atoms with Crippen LogP contribution in [0.2, 0.25) is 0 Å². The molecule has 2 saturated heterocycles. The Morgan fingerprint density at radius 2 is 0.956 bits per heavy atom. The fraction of sp³-hybridized carbons (Fsp3) is 0.407. The van der Waals surface area contributed by atoms with E-state index in [0.717, 1.165) is 195 Å². The van der Waals surface area contributed by atoms with Gasteiger partial charge in [0.2, 0.25) is 0 Å². The van der Waals surface area contributed by atoms with Crippen molar-refractivity contribution in [3.05, 3.63) is 215 Å². The summed E-state index contributed by atoms with van der Waals surface area (Å²) in [4.78, 5) is 0. The molecule has 7 aromatic rings. The summed E-state index contributed by atoms with van der Waals surface area (Å²) >= 11 is 0. The largest absolute Gasteiger partial charge is 0.490 e. The summed E-state index contributed by atoms with van der Waals surface area (Å²) in [6.45, 7) is 36.9. The highest BCUT2D eigenvalue weighted by Gasteiger charge is 2.44. The Hall–Kier alpha value is -7.56. The minimum Gasteiger partial charge on any atom is -0.490 e. The van der Waals surface area contributed by atoms with Crippen molar-refractivity contribution in [3.8, 4) is 56.8 Å². The van der Waals surface area contributed by atoms with Crippen LogP contribution in [-0.2, 0) is 14.2 Å². The number of rotatable bonds is 22. The summed E-state index contributed by atoms with van der Waals surface area (Å²) < 4.78 is 54.7. The molecule has 1 N–H and O–H groups in total. The van der Waals surface area contributed by atoms with Crippen LogP contribution >= 0.6 is 0 Å². The van der Waals surface area contributed by atoms with E-state index in [1.165, 1.54) is 5.56 Å². The molecule has 7 aromatic carbocycles. The highest BCUT2D eigenvalue weighted by Crippen LogP contribution is 2.58. The second-order valence-corrected chi connectivity index (χ2v) is 26.4. The first-order valence-corrected chi connectivity index (χ1v) is 33.0. The van der Waals surface area contributed by atoms with Gasteiger partial charge >= 0.3 is 0 Å². The Kier molecular flexibility index (Phi) is 17.3. The van der Waals surface area contributed by atoms with Gasteiger partial charge in [-0.05, 0) is 203 Å².